The zero-order valence-corrected chi connectivity index (χ0v) is 10.9. The lowest BCUT2D eigenvalue weighted by molar-refractivity contribution is -0.167. The van der Waals surface area contributed by atoms with Crippen molar-refractivity contribution in [2.24, 2.45) is 0 Å². The van der Waals surface area contributed by atoms with Crippen LogP contribution < -0.4 is 5.32 Å². The van der Waals surface area contributed by atoms with Gasteiger partial charge < -0.3 is 10.1 Å². The third-order valence-corrected chi connectivity index (χ3v) is 2.87. The first-order valence-electron chi connectivity index (χ1n) is 5.54. The van der Waals surface area contributed by atoms with E-state index in [1.165, 1.54) is 0 Å². The molecular weight excluding hydrogens is 286 g/mol. The Morgan fingerprint density at radius 1 is 1.32 bits per heavy atom. The van der Waals surface area contributed by atoms with Crippen molar-refractivity contribution in [2.75, 3.05) is 20.3 Å². The Morgan fingerprint density at radius 2 is 1.95 bits per heavy atom. The Bertz CT molecular complexity index is 403. The molecule has 1 aromatic rings. The predicted octanol–water partition coefficient (Wildman–Crippen LogP) is 3.52. The fourth-order valence-corrected chi connectivity index (χ4v) is 1.73. The molecule has 1 aromatic carbocycles. The van der Waals surface area contributed by atoms with E-state index in [2.05, 4.69) is 10.1 Å². The number of ether oxygens (including phenoxy) is 1. The second-order valence-electron chi connectivity index (χ2n) is 3.94. The van der Waals surface area contributed by atoms with Gasteiger partial charge in [0.1, 0.15) is 6.61 Å². The lowest BCUT2D eigenvalue weighted by Gasteiger charge is -2.20. The Labute approximate surface area is 113 Å². The van der Waals surface area contributed by atoms with Crippen molar-refractivity contribution in [1.29, 1.82) is 0 Å². The van der Waals surface area contributed by atoms with Gasteiger partial charge in [0.2, 0.25) is 0 Å². The van der Waals surface area contributed by atoms with Gasteiger partial charge in [-0.05, 0) is 18.7 Å². The number of rotatable bonds is 7. The highest BCUT2D eigenvalue weighted by atomic mass is 35.5. The smallest absolute Gasteiger partial charge is 0.330 e. The molecule has 0 saturated heterocycles. The van der Waals surface area contributed by atoms with Crippen LogP contribution in [0.5, 0.6) is 0 Å². The SMILES string of the molecule is CNC(COCC(F)(F)C(F)F)c1ccccc1Cl. The molecule has 0 aromatic heterocycles. The van der Waals surface area contributed by atoms with Crippen molar-refractivity contribution in [3.8, 4) is 0 Å². The van der Waals surface area contributed by atoms with Crippen LogP contribution in [0.4, 0.5) is 17.6 Å². The monoisotopic (exact) mass is 299 g/mol. The first kappa shape index (κ1) is 16.2. The van der Waals surface area contributed by atoms with E-state index in [0.29, 0.717) is 10.6 Å². The minimum absolute atomic E-state index is 0.178. The maximum Gasteiger partial charge on any atom is 0.330 e. The quantitative estimate of drug-likeness (QED) is 0.778. The van der Waals surface area contributed by atoms with Crippen LogP contribution in [0.2, 0.25) is 5.02 Å². The number of halogens is 5. The molecule has 0 saturated carbocycles. The van der Waals surface area contributed by atoms with Gasteiger partial charge in [0.25, 0.3) is 0 Å². The number of hydrogen-bond donors (Lipinski definition) is 1. The van der Waals surface area contributed by atoms with Gasteiger partial charge in [-0.2, -0.15) is 8.78 Å². The molecule has 0 radical (unpaired) electrons. The molecule has 1 rings (SSSR count). The zero-order chi connectivity index (χ0) is 14.5. The van der Waals surface area contributed by atoms with Crippen LogP contribution in [0.25, 0.3) is 0 Å². The van der Waals surface area contributed by atoms with Gasteiger partial charge in [0, 0.05) is 5.02 Å². The highest BCUT2D eigenvalue weighted by Gasteiger charge is 2.41. The van der Waals surface area contributed by atoms with E-state index in [0.717, 1.165) is 0 Å². The van der Waals surface area contributed by atoms with E-state index in [9.17, 15) is 17.6 Å². The van der Waals surface area contributed by atoms with Gasteiger partial charge in [-0.1, -0.05) is 29.8 Å². The average Bonchev–Trinajstić information content (AvgIpc) is 2.35. The van der Waals surface area contributed by atoms with Gasteiger partial charge >= 0.3 is 12.3 Å². The molecule has 7 heteroatoms. The maximum absolute atomic E-state index is 12.7. The number of hydrogen-bond acceptors (Lipinski definition) is 2. The van der Waals surface area contributed by atoms with Crippen LogP contribution >= 0.6 is 11.6 Å². The molecule has 19 heavy (non-hydrogen) atoms. The first-order chi connectivity index (χ1) is 8.88. The zero-order valence-electron chi connectivity index (χ0n) is 10.2. The molecule has 0 aliphatic rings. The molecule has 0 amide bonds. The summed E-state index contributed by atoms with van der Waals surface area (Å²) in [6, 6.07) is 6.37. The van der Waals surface area contributed by atoms with Crippen molar-refractivity contribution in [3.63, 3.8) is 0 Å². The van der Waals surface area contributed by atoms with Gasteiger partial charge in [0.15, 0.2) is 0 Å². The summed E-state index contributed by atoms with van der Waals surface area (Å²) in [6.45, 7) is -1.50. The van der Waals surface area contributed by atoms with E-state index >= 15 is 0 Å². The minimum Gasteiger partial charge on any atom is -0.373 e. The van der Waals surface area contributed by atoms with E-state index in [1.54, 1.807) is 31.3 Å². The Balaban J connectivity index is 2.58. The van der Waals surface area contributed by atoms with E-state index in [1.807, 2.05) is 0 Å². The molecule has 0 heterocycles. The van der Waals surface area contributed by atoms with Crippen LogP contribution in [0, 0.1) is 0 Å². The molecule has 2 nitrogen and oxygen atoms in total. The molecule has 0 aliphatic heterocycles. The number of alkyl halides is 4. The second kappa shape index (κ2) is 7.07. The topological polar surface area (TPSA) is 21.3 Å². The van der Waals surface area contributed by atoms with Crippen molar-refractivity contribution in [2.45, 2.75) is 18.4 Å². The predicted molar refractivity (Wildman–Crippen MR) is 65.0 cm³/mol. The fraction of sp³-hybridized carbons (Fsp3) is 0.500. The molecule has 108 valence electrons. The maximum atomic E-state index is 12.7. The third kappa shape index (κ3) is 4.63. The molecule has 1 N–H and O–H groups in total. The number of benzene rings is 1. The molecule has 1 unspecified atom stereocenters. The fourth-order valence-electron chi connectivity index (χ4n) is 1.46. The summed E-state index contributed by atoms with van der Waals surface area (Å²) >= 11 is 5.95. The summed E-state index contributed by atoms with van der Waals surface area (Å²) < 4.78 is 53.9. The normalized spacial score (nSPS) is 13.8. The second-order valence-corrected chi connectivity index (χ2v) is 4.35. The van der Waals surface area contributed by atoms with Gasteiger partial charge in [-0.3, -0.25) is 0 Å². The molecule has 0 fully saturated rings. The van der Waals surface area contributed by atoms with Crippen LogP contribution in [0.3, 0.4) is 0 Å². The lowest BCUT2D eigenvalue weighted by atomic mass is 10.1. The molecular formula is C12H14ClF4NO. The van der Waals surface area contributed by atoms with Crippen LogP contribution in [0.1, 0.15) is 11.6 Å². The summed E-state index contributed by atoms with van der Waals surface area (Å²) in [5, 5.41) is 3.28. The van der Waals surface area contributed by atoms with Gasteiger partial charge in [0.05, 0.1) is 12.6 Å². The standard InChI is InChI=1S/C12H14ClF4NO/c1-18-10(8-4-2-3-5-9(8)13)6-19-7-12(16,17)11(14)15/h2-5,10-11,18H,6-7H2,1H3. The van der Waals surface area contributed by atoms with E-state index in [4.69, 9.17) is 11.6 Å². The van der Waals surface area contributed by atoms with Crippen molar-refractivity contribution in [1.82, 2.24) is 5.32 Å². The van der Waals surface area contributed by atoms with Gasteiger partial charge in [-0.25, -0.2) is 8.78 Å². The summed E-state index contributed by atoms with van der Waals surface area (Å²) in [5.74, 6) is -4.14. The Morgan fingerprint density at radius 3 is 2.47 bits per heavy atom. The molecule has 0 aliphatic carbocycles. The summed E-state index contributed by atoms with van der Waals surface area (Å²) in [4.78, 5) is 0. The van der Waals surface area contributed by atoms with Gasteiger partial charge in [-0.15, -0.1) is 0 Å². The largest absolute Gasteiger partial charge is 0.373 e. The van der Waals surface area contributed by atoms with Crippen molar-refractivity contribution in [3.05, 3.63) is 34.9 Å². The number of nitrogens with one attached hydrogen (secondary N) is 1. The Hall–Kier alpha value is -0.850. The van der Waals surface area contributed by atoms with E-state index < -0.39 is 25.0 Å². The van der Waals surface area contributed by atoms with Crippen LogP contribution in [-0.4, -0.2) is 32.6 Å². The lowest BCUT2D eigenvalue weighted by Crippen LogP contribution is -2.34. The van der Waals surface area contributed by atoms with Crippen LogP contribution in [-0.2, 0) is 4.74 Å². The number of likely N-dealkylation sites (N-methyl/N-ethyl adjacent to an activating group) is 1. The minimum atomic E-state index is -4.14. The van der Waals surface area contributed by atoms with Crippen LogP contribution in [0.15, 0.2) is 24.3 Å². The van der Waals surface area contributed by atoms with Crippen molar-refractivity contribution < 1.29 is 22.3 Å². The summed E-state index contributed by atoms with van der Waals surface area (Å²) in [7, 11) is 1.60. The highest BCUT2D eigenvalue weighted by molar-refractivity contribution is 6.31. The Kier molecular flexibility index (Phi) is 6.03. The van der Waals surface area contributed by atoms with E-state index in [-0.39, 0.29) is 6.61 Å². The molecule has 0 bridgehead atoms. The summed E-state index contributed by atoms with van der Waals surface area (Å²) in [5.41, 5.74) is 0.659. The first-order valence-corrected chi connectivity index (χ1v) is 5.91. The van der Waals surface area contributed by atoms with Crippen molar-refractivity contribution >= 4 is 11.6 Å². The summed E-state index contributed by atoms with van der Waals surface area (Å²) in [6.07, 6.45) is -3.74. The third-order valence-electron chi connectivity index (χ3n) is 2.53. The molecule has 1 atom stereocenters. The molecule has 0 spiro atoms. The average molecular weight is 300 g/mol. The highest BCUT2D eigenvalue weighted by Crippen LogP contribution is 2.25.